The molecule has 0 aliphatic rings. The van der Waals surface area contributed by atoms with Crippen molar-refractivity contribution in [2.24, 2.45) is 11.7 Å². The van der Waals surface area contributed by atoms with E-state index in [1.807, 2.05) is 42.7 Å². The van der Waals surface area contributed by atoms with Crippen LogP contribution in [0.1, 0.15) is 46.0 Å². The van der Waals surface area contributed by atoms with Crippen LogP contribution in [-0.2, 0) is 19.2 Å². The summed E-state index contributed by atoms with van der Waals surface area (Å²) in [6.45, 7) is 4.45. The van der Waals surface area contributed by atoms with Crippen LogP contribution in [0.25, 0.3) is 0 Å². The van der Waals surface area contributed by atoms with Gasteiger partial charge in [0.15, 0.2) is 5.78 Å². The molecule has 2 atom stereocenters. The fourth-order valence-electron chi connectivity index (χ4n) is 2.78. The summed E-state index contributed by atoms with van der Waals surface area (Å²) in [5.74, 6) is -0.767. The number of ketones is 1. The fourth-order valence-corrected chi connectivity index (χ4v) is 4.18. The molecule has 0 fully saturated rings. The van der Waals surface area contributed by atoms with Gasteiger partial charge in [0.1, 0.15) is 6.04 Å². The van der Waals surface area contributed by atoms with E-state index in [0.29, 0.717) is 43.2 Å². The summed E-state index contributed by atoms with van der Waals surface area (Å²) in [5, 5.41) is 10.8. The molecule has 0 unspecified atom stereocenters. The summed E-state index contributed by atoms with van der Waals surface area (Å²) in [6, 6.07) is -2.13. The first kappa shape index (κ1) is 31.8. The Kier molecular flexibility index (Phi) is 18.4. The normalized spacial score (nSPS) is 12.5. The lowest BCUT2D eigenvalue weighted by molar-refractivity contribution is -0.132. The molecule has 0 spiro atoms. The Hall–Kier alpha value is -1.22. The first-order valence-corrected chi connectivity index (χ1v) is 15.0. The van der Waals surface area contributed by atoms with E-state index in [-0.39, 0.29) is 35.7 Å². The SMILES string of the molecule is CSSCC(=O)[C@H](CCCNC(N)=O)NC(=O)[C@@H](NC(=O)CCCCNC(=O)CI)C(C)C. The number of nitrogens with two attached hydrogens (primary N) is 1. The van der Waals surface area contributed by atoms with Crippen molar-refractivity contribution in [1.82, 2.24) is 21.3 Å². The predicted molar refractivity (Wildman–Crippen MR) is 142 cm³/mol. The van der Waals surface area contributed by atoms with Crippen LogP contribution in [0, 0.1) is 5.92 Å². The lowest BCUT2D eigenvalue weighted by atomic mass is 10.0. The fraction of sp³-hybridized carbons (Fsp3) is 0.750. The van der Waals surface area contributed by atoms with Gasteiger partial charge in [0, 0.05) is 19.5 Å². The number of urea groups is 1. The van der Waals surface area contributed by atoms with Gasteiger partial charge in [-0.2, -0.15) is 0 Å². The molecule has 0 aromatic carbocycles. The number of primary amides is 1. The monoisotopic (exact) mass is 617 g/mol. The Morgan fingerprint density at radius 2 is 1.61 bits per heavy atom. The minimum absolute atomic E-state index is 0.0398. The maximum absolute atomic E-state index is 12.9. The summed E-state index contributed by atoms with van der Waals surface area (Å²) < 4.78 is 0.393. The molecule has 6 N–H and O–H groups in total. The molecule has 0 saturated carbocycles. The van der Waals surface area contributed by atoms with Crippen LogP contribution >= 0.6 is 44.2 Å². The molecule has 0 radical (unpaired) electrons. The second-order valence-corrected chi connectivity index (χ2v) is 10.9. The Morgan fingerprint density at radius 3 is 2.18 bits per heavy atom. The van der Waals surface area contributed by atoms with Gasteiger partial charge in [0.2, 0.25) is 17.7 Å². The zero-order chi connectivity index (χ0) is 25.2. The molecular weight excluding hydrogens is 581 g/mol. The Morgan fingerprint density at radius 1 is 0.939 bits per heavy atom. The second kappa shape index (κ2) is 19.1. The molecule has 0 aliphatic carbocycles. The Labute approximate surface area is 217 Å². The van der Waals surface area contributed by atoms with E-state index in [0.717, 1.165) is 0 Å². The van der Waals surface area contributed by atoms with Crippen molar-refractivity contribution in [2.45, 2.75) is 58.0 Å². The van der Waals surface area contributed by atoms with Gasteiger partial charge >= 0.3 is 6.03 Å². The average molecular weight is 618 g/mol. The highest BCUT2D eigenvalue weighted by Crippen LogP contribution is 2.18. The van der Waals surface area contributed by atoms with Gasteiger partial charge < -0.3 is 27.0 Å². The number of carbonyl (C=O) groups is 5. The summed E-state index contributed by atoms with van der Waals surface area (Å²) >= 11 is 1.98. The molecule has 13 heteroatoms. The molecule has 0 saturated heterocycles. The standard InChI is InChI=1S/C20H36IN5O5S2/c1-13(2)18(26-16(28)8-4-5-9-23-17(29)11-21)19(30)25-14(15(27)12-33-32-3)7-6-10-24-20(22)31/h13-14,18H,4-12H2,1-3H3,(H,23,29)(H,25,30)(H,26,28)(H3,22,24,31)/t14-,18-/m0/s1. The van der Waals surface area contributed by atoms with Crippen LogP contribution in [0.4, 0.5) is 4.79 Å². The van der Waals surface area contributed by atoms with Gasteiger partial charge in [-0.15, -0.1) is 0 Å². The van der Waals surface area contributed by atoms with Crippen LogP contribution in [0.5, 0.6) is 0 Å². The highest BCUT2D eigenvalue weighted by atomic mass is 127. The highest BCUT2D eigenvalue weighted by Gasteiger charge is 2.28. The van der Waals surface area contributed by atoms with Crippen molar-refractivity contribution in [3.05, 3.63) is 0 Å². The first-order valence-electron chi connectivity index (χ1n) is 10.8. The van der Waals surface area contributed by atoms with Crippen LogP contribution < -0.4 is 27.0 Å². The van der Waals surface area contributed by atoms with E-state index in [1.165, 1.54) is 21.6 Å². The second-order valence-electron chi connectivity index (χ2n) is 7.62. The van der Waals surface area contributed by atoms with Gasteiger partial charge in [-0.3, -0.25) is 19.2 Å². The van der Waals surface area contributed by atoms with Crippen molar-refractivity contribution < 1.29 is 24.0 Å². The van der Waals surface area contributed by atoms with E-state index in [1.54, 1.807) is 0 Å². The number of Topliss-reactive ketones (excluding diaryl/α,β-unsaturated/α-hetero) is 1. The Balaban J connectivity index is 4.81. The first-order chi connectivity index (χ1) is 15.6. The van der Waals surface area contributed by atoms with Gasteiger partial charge in [0.05, 0.1) is 16.2 Å². The number of nitrogens with one attached hydrogen (secondary N) is 4. The summed E-state index contributed by atoms with van der Waals surface area (Å²) in [4.78, 5) is 59.9. The minimum Gasteiger partial charge on any atom is -0.355 e. The number of amides is 5. The van der Waals surface area contributed by atoms with E-state index in [4.69, 9.17) is 5.73 Å². The Bertz CT molecular complexity index is 654. The average Bonchev–Trinajstić information content (AvgIpc) is 2.76. The predicted octanol–water partition coefficient (Wildman–Crippen LogP) is 1.36. The van der Waals surface area contributed by atoms with Crippen LogP contribution in [0.15, 0.2) is 0 Å². The maximum Gasteiger partial charge on any atom is 0.312 e. The molecule has 0 rings (SSSR count). The quantitative estimate of drug-likeness (QED) is 0.0672. The molecule has 0 aliphatic heterocycles. The molecule has 0 aromatic rings. The molecule has 0 heterocycles. The zero-order valence-corrected chi connectivity index (χ0v) is 23.2. The van der Waals surface area contributed by atoms with Gasteiger partial charge in [-0.05, 0) is 37.9 Å². The topological polar surface area (TPSA) is 159 Å². The zero-order valence-electron chi connectivity index (χ0n) is 19.4. The van der Waals surface area contributed by atoms with Crippen molar-refractivity contribution in [3.8, 4) is 0 Å². The van der Waals surface area contributed by atoms with E-state index >= 15 is 0 Å². The molecule has 0 aromatic heterocycles. The third kappa shape index (κ3) is 16.1. The lowest BCUT2D eigenvalue weighted by Gasteiger charge is -2.25. The third-order valence-electron chi connectivity index (χ3n) is 4.53. The van der Waals surface area contributed by atoms with Gasteiger partial charge in [0.25, 0.3) is 0 Å². The largest absolute Gasteiger partial charge is 0.355 e. The molecule has 0 bridgehead atoms. The van der Waals surface area contributed by atoms with Gasteiger partial charge in [-0.1, -0.05) is 58.0 Å². The number of rotatable bonds is 18. The molecular formula is C20H36IN5O5S2. The number of hydrogen-bond donors (Lipinski definition) is 5. The van der Waals surface area contributed by atoms with E-state index < -0.39 is 24.0 Å². The molecule has 33 heavy (non-hydrogen) atoms. The van der Waals surface area contributed by atoms with Crippen LogP contribution in [-0.4, -0.2) is 71.1 Å². The highest BCUT2D eigenvalue weighted by molar-refractivity contribution is 14.1. The summed E-state index contributed by atoms with van der Waals surface area (Å²) in [7, 11) is 2.85. The lowest BCUT2D eigenvalue weighted by Crippen LogP contribution is -2.54. The van der Waals surface area contributed by atoms with E-state index in [9.17, 15) is 24.0 Å². The number of carbonyl (C=O) groups excluding carboxylic acids is 5. The van der Waals surface area contributed by atoms with Crippen molar-refractivity contribution >= 4 is 73.7 Å². The third-order valence-corrected chi connectivity index (χ3v) is 6.92. The number of unbranched alkanes of at least 4 members (excludes halogenated alkanes) is 1. The minimum atomic E-state index is -0.775. The van der Waals surface area contributed by atoms with Crippen molar-refractivity contribution in [3.63, 3.8) is 0 Å². The smallest absolute Gasteiger partial charge is 0.312 e. The maximum atomic E-state index is 12.9. The van der Waals surface area contributed by atoms with Crippen molar-refractivity contribution in [1.29, 1.82) is 0 Å². The number of hydrogen-bond acceptors (Lipinski definition) is 7. The van der Waals surface area contributed by atoms with E-state index in [2.05, 4.69) is 21.3 Å². The van der Waals surface area contributed by atoms with Gasteiger partial charge in [-0.25, -0.2) is 4.79 Å². The number of alkyl halides is 1. The summed E-state index contributed by atoms with van der Waals surface area (Å²) in [6.07, 6.45) is 4.17. The summed E-state index contributed by atoms with van der Waals surface area (Å²) in [5.41, 5.74) is 5.05. The molecule has 5 amide bonds. The molecule has 10 nitrogen and oxygen atoms in total. The van der Waals surface area contributed by atoms with Crippen molar-refractivity contribution in [2.75, 3.05) is 29.5 Å². The number of halogens is 1. The van der Waals surface area contributed by atoms with Crippen LogP contribution in [0.3, 0.4) is 0 Å². The van der Waals surface area contributed by atoms with Crippen LogP contribution in [0.2, 0.25) is 0 Å². The molecule has 190 valence electrons.